The first-order chi connectivity index (χ1) is 10.1. The molecule has 122 valence electrons. The molecule has 1 aromatic carbocycles. The van der Waals surface area contributed by atoms with E-state index in [-0.39, 0.29) is 16.9 Å². The van der Waals surface area contributed by atoms with E-state index >= 15 is 0 Å². The van der Waals surface area contributed by atoms with E-state index < -0.39 is 4.92 Å². The second-order valence-electron chi connectivity index (χ2n) is 6.82. The number of nitrogens with zero attached hydrogens (tertiary/aromatic N) is 2. The summed E-state index contributed by atoms with van der Waals surface area (Å²) in [6.07, 6.45) is 0. The molecule has 2 rings (SSSR count). The molecule has 1 heterocycles. The first-order valence-electron chi connectivity index (χ1n) is 7.50. The number of anilines is 1. The van der Waals surface area contributed by atoms with Gasteiger partial charge in [0.2, 0.25) is 0 Å². The van der Waals surface area contributed by atoms with Gasteiger partial charge >= 0.3 is 5.69 Å². The van der Waals surface area contributed by atoms with Crippen LogP contribution in [0.15, 0.2) is 18.2 Å². The van der Waals surface area contributed by atoms with Crippen LogP contribution in [0.1, 0.15) is 34.6 Å². The molecule has 0 aromatic heterocycles. The third-order valence-electron chi connectivity index (χ3n) is 3.50. The Morgan fingerprint density at radius 3 is 2.36 bits per heavy atom. The van der Waals surface area contributed by atoms with Crippen LogP contribution in [-0.4, -0.2) is 35.8 Å². The number of nitro groups is 1. The van der Waals surface area contributed by atoms with Crippen molar-refractivity contribution in [3.05, 3.63) is 28.3 Å². The lowest BCUT2D eigenvalue weighted by molar-refractivity contribution is -0.385. The van der Waals surface area contributed by atoms with Gasteiger partial charge in [-0.05, 0) is 40.7 Å². The van der Waals surface area contributed by atoms with Gasteiger partial charge in [0.15, 0.2) is 5.75 Å². The molecule has 0 spiro atoms. The fourth-order valence-electron chi connectivity index (χ4n) is 3.09. The summed E-state index contributed by atoms with van der Waals surface area (Å²) in [6.45, 7) is 11.9. The highest BCUT2D eigenvalue weighted by molar-refractivity contribution is 5.59. The van der Waals surface area contributed by atoms with Gasteiger partial charge in [-0.25, -0.2) is 0 Å². The summed E-state index contributed by atoms with van der Waals surface area (Å²) in [4.78, 5) is 12.9. The standard InChI is InChI=1S/C16H24N2O4/c1-6-21-14-9-12(7-8-13(14)18(19)20)17-10-15(2,3)22-16(4,5)11-17/h7-9H,6,10-11H2,1-5H3. The summed E-state index contributed by atoms with van der Waals surface area (Å²) < 4.78 is 11.5. The molecule has 0 aliphatic carbocycles. The van der Waals surface area contributed by atoms with Crippen molar-refractivity contribution in [1.29, 1.82) is 0 Å². The molecule has 6 heteroatoms. The first-order valence-corrected chi connectivity index (χ1v) is 7.50. The Morgan fingerprint density at radius 1 is 1.27 bits per heavy atom. The van der Waals surface area contributed by atoms with Crippen molar-refractivity contribution in [2.45, 2.75) is 45.8 Å². The van der Waals surface area contributed by atoms with Gasteiger partial charge in [-0.2, -0.15) is 0 Å². The van der Waals surface area contributed by atoms with E-state index in [0.29, 0.717) is 12.4 Å². The zero-order valence-electron chi connectivity index (χ0n) is 13.9. The summed E-state index contributed by atoms with van der Waals surface area (Å²) in [5, 5.41) is 11.1. The Morgan fingerprint density at radius 2 is 1.86 bits per heavy atom. The fourth-order valence-corrected chi connectivity index (χ4v) is 3.09. The van der Waals surface area contributed by atoms with E-state index in [2.05, 4.69) is 32.6 Å². The van der Waals surface area contributed by atoms with Crippen molar-refractivity contribution in [2.75, 3.05) is 24.6 Å². The third kappa shape index (κ3) is 3.68. The molecule has 1 aliphatic rings. The van der Waals surface area contributed by atoms with Gasteiger partial charge in [-0.3, -0.25) is 10.1 Å². The third-order valence-corrected chi connectivity index (χ3v) is 3.50. The van der Waals surface area contributed by atoms with Crippen LogP contribution in [0.5, 0.6) is 5.75 Å². The van der Waals surface area contributed by atoms with Crippen LogP contribution in [0.2, 0.25) is 0 Å². The molecule has 6 nitrogen and oxygen atoms in total. The molecule has 1 aromatic rings. The van der Waals surface area contributed by atoms with Crippen molar-refractivity contribution >= 4 is 11.4 Å². The molecule has 0 bridgehead atoms. The average Bonchev–Trinajstić information content (AvgIpc) is 2.35. The van der Waals surface area contributed by atoms with Gasteiger partial charge < -0.3 is 14.4 Å². The topological polar surface area (TPSA) is 64.8 Å². The van der Waals surface area contributed by atoms with Gasteiger partial charge in [0.25, 0.3) is 0 Å². The normalized spacial score (nSPS) is 19.8. The molecule has 1 saturated heterocycles. The highest BCUT2D eigenvalue weighted by atomic mass is 16.6. The summed E-state index contributed by atoms with van der Waals surface area (Å²) in [5.41, 5.74) is 0.348. The second-order valence-corrected chi connectivity index (χ2v) is 6.82. The summed E-state index contributed by atoms with van der Waals surface area (Å²) in [7, 11) is 0. The average molecular weight is 308 g/mol. The highest BCUT2D eigenvalue weighted by Gasteiger charge is 2.38. The van der Waals surface area contributed by atoms with Gasteiger partial charge in [0, 0.05) is 30.9 Å². The van der Waals surface area contributed by atoms with Crippen molar-refractivity contribution < 1.29 is 14.4 Å². The van der Waals surface area contributed by atoms with Crippen molar-refractivity contribution in [1.82, 2.24) is 0 Å². The zero-order valence-corrected chi connectivity index (χ0v) is 13.9. The van der Waals surface area contributed by atoms with Crippen molar-refractivity contribution in [3.8, 4) is 5.75 Å². The molecule has 0 radical (unpaired) electrons. The van der Waals surface area contributed by atoms with Gasteiger partial charge in [0.1, 0.15) is 0 Å². The molecular weight excluding hydrogens is 284 g/mol. The Labute approximate surface area is 131 Å². The molecule has 0 atom stereocenters. The smallest absolute Gasteiger partial charge is 0.311 e. The zero-order chi connectivity index (χ0) is 16.5. The SMILES string of the molecule is CCOc1cc(N2CC(C)(C)OC(C)(C)C2)ccc1[N+](=O)[O-]. The fraction of sp³-hybridized carbons (Fsp3) is 0.625. The van der Waals surface area contributed by atoms with Crippen LogP contribution in [0.25, 0.3) is 0 Å². The number of morpholine rings is 1. The van der Waals surface area contributed by atoms with E-state index in [9.17, 15) is 10.1 Å². The predicted octanol–water partition coefficient (Wildman–Crippen LogP) is 3.39. The van der Waals surface area contributed by atoms with E-state index in [4.69, 9.17) is 9.47 Å². The maximum absolute atomic E-state index is 11.1. The largest absolute Gasteiger partial charge is 0.487 e. The Kier molecular flexibility index (Phi) is 4.33. The van der Waals surface area contributed by atoms with Crippen molar-refractivity contribution in [3.63, 3.8) is 0 Å². The predicted molar refractivity (Wildman–Crippen MR) is 85.7 cm³/mol. The minimum Gasteiger partial charge on any atom is -0.487 e. The number of hydrogen-bond donors (Lipinski definition) is 0. The monoisotopic (exact) mass is 308 g/mol. The van der Waals surface area contributed by atoms with E-state index in [1.54, 1.807) is 12.1 Å². The number of rotatable bonds is 4. The second kappa shape index (κ2) is 5.76. The van der Waals surface area contributed by atoms with Gasteiger partial charge in [-0.15, -0.1) is 0 Å². The summed E-state index contributed by atoms with van der Waals surface area (Å²) in [5.74, 6) is 0.312. The van der Waals surface area contributed by atoms with Crippen LogP contribution in [-0.2, 0) is 4.74 Å². The molecule has 0 saturated carbocycles. The van der Waals surface area contributed by atoms with Crippen LogP contribution in [0.3, 0.4) is 0 Å². The molecular formula is C16H24N2O4. The van der Waals surface area contributed by atoms with Crippen LogP contribution in [0, 0.1) is 10.1 Å². The van der Waals surface area contributed by atoms with Crippen LogP contribution < -0.4 is 9.64 Å². The minimum atomic E-state index is -0.415. The number of benzene rings is 1. The molecule has 0 N–H and O–H groups in total. The lowest BCUT2D eigenvalue weighted by Gasteiger charge is -2.48. The maximum atomic E-state index is 11.1. The van der Waals surface area contributed by atoms with E-state index in [0.717, 1.165) is 18.8 Å². The Bertz CT molecular complexity index is 553. The quantitative estimate of drug-likeness (QED) is 0.630. The van der Waals surface area contributed by atoms with Crippen LogP contribution in [0.4, 0.5) is 11.4 Å². The lowest BCUT2D eigenvalue weighted by Crippen LogP contribution is -2.57. The van der Waals surface area contributed by atoms with E-state index in [1.807, 2.05) is 6.92 Å². The molecule has 22 heavy (non-hydrogen) atoms. The maximum Gasteiger partial charge on any atom is 0.311 e. The number of ether oxygens (including phenoxy) is 2. The highest BCUT2D eigenvalue weighted by Crippen LogP contribution is 2.36. The molecule has 0 unspecified atom stereocenters. The molecule has 1 aliphatic heterocycles. The Balaban J connectivity index is 2.35. The minimum absolute atomic E-state index is 0.00243. The first kappa shape index (κ1) is 16.5. The number of hydrogen-bond acceptors (Lipinski definition) is 5. The molecule has 0 amide bonds. The summed E-state index contributed by atoms with van der Waals surface area (Å²) in [6, 6.07) is 5.03. The lowest BCUT2D eigenvalue weighted by atomic mass is 9.98. The van der Waals surface area contributed by atoms with Crippen LogP contribution >= 0.6 is 0 Å². The summed E-state index contributed by atoms with van der Waals surface area (Å²) >= 11 is 0. The van der Waals surface area contributed by atoms with Crippen molar-refractivity contribution in [2.24, 2.45) is 0 Å². The Hall–Kier alpha value is -1.82. The van der Waals surface area contributed by atoms with Gasteiger partial charge in [-0.1, -0.05) is 0 Å². The van der Waals surface area contributed by atoms with E-state index in [1.165, 1.54) is 6.07 Å². The molecule has 1 fully saturated rings. The van der Waals surface area contributed by atoms with Gasteiger partial charge in [0.05, 0.1) is 22.7 Å². The number of nitro benzene ring substituents is 1.